The number of hydrogen-bond donors (Lipinski definition) is 1. The number of carbonyl (C=O) groups excluding carboxylic acids is 1. The summed E-state index contributed by atoms with van der Waals surface area (Å²) in [5, 5.41) is 9.67. The highest BCUT2D eigenvalue weighted by Crippen LogP contribution is 2.21. The molecule has 0 aliphatic rings. The fourth-order valence-corrected chi connectivity index (χ4v) is 3.19. The van der Waals surface area contributed by atoms with Crippen LogP contribution < -0.4 is 5.32 Å². The van der Waals surface area contributed by atoms with E-state index in [-0.39, 0.29) is 24.1 Å². The summed E-state index contributed by atoms with van der Waals surface area (Å²) in [6, 6.07) is 6.62. The summed E-state index contributed by atoms with van der Waals surface area (Å²) in [5.74, 6) is -0.533. The number of aromatic nitrogens is 2. The quantitative estimate of drug-likeness (QED) is 0.865. The van der Waals surface area contributed by atoms with Crippen molar-refractivity contribution in [3.63, 3.8) is 0 Å². The Morgan fingerprint density at radius 2 is 1.92 bits per heavy atom. The fourth-order valence-electron chi connectivity index (χ4n) is 1.74. The Balaban J connectivity index is 2.09. The van der Waals surface area contributed by atoms with Gasteiger partial charge in [0, 0.05) is 10.4 Å². The second-order valence-corrected chi connectivity index (χ2v) is 8.52. The molecule has 9 heteroatoms. The minimum absolute atomic E-state index is 0.0188. The van der Waals surface area contributed by atoms with Crippen LogP contribution in [0.2, 0.25) is 5.02 Å². The minimum atomic E-state index is -3.82. The molecule has 0 aliphatic carbocycles. The molecule has 1 heterocycles. The number of benzene rings is 1. The first-order chi connectivity index (χ1) is 11.1. The van der Waals surface area contributed by atoms with Gasteiger partial charge in [-0.1, -0.05) is 55.7 Å². The minimum Gasteiger partial charge on any atom is -0.411 e. The van der Waals surface area contributed by atoms with Crippen molar-refractivity contribution in [2.24, 2.45) is 5.41 Å². The summed E-state index contributed by atoms with van der Waals surface area (Å²) in [6.07, 6.45) is 0. The number of carbonyl (C=O) groups is 1. The maximum absolute atomic E-state index is 12.3. The van der Waals surface area contributed by atoms with Crippen molar-refractivity contribution in [1.29, 1.82) is 0 Å². The molecule has 1 aromatic carbocycles. The Hall–Kier alpha value is -1.93. The number of nitrogens with zero attached hydrogens (tertiary/aromatic N) is 2. The lowest BCUT2D eigenvalue weighted by Gasteiger charge is -2.16. The molecule has 1 amide bonds. The predicted octanol–water partition coefficient (Wildman–Crippen LogP) is 2.36. The van der Waals surface area contributed by atoms with E-state index in [4.69, 9.17) is 16.0 Å². The number of nitrogens with one attached hydrogen (secondary N) is 1. The van der Waals surface area contributed by atoms with Crippen molar-refractivity contribution in [2.45, 2.75) is 38.3 Å². The third-order valence-corrected chi connectivity index (χ3v) is 4.86. The molecule has 7 nitrogen and oxygen atoms in total. The monoisotopic (exact) mass is 371 g/mol. The Bertz CT molecular complexity index is 840. The van der Waals surface area contributed by atoms with Crippen LogP contribution in [0.15, 0.2) is 33.9 Å². The first kappa shape index (κ1) is 18.4. The average Bonchev–Trinajstić information content (AvgIpc) is 2.96. The van der Waals surface area contributed by atoms with E-state index in [0.717, 1.165) is 0 Å². The summed E-state index contributed by atoms with van der Waals surface area (Å²) in [6.45, 7) is 5.24. The highest BCUT2D eigenvalue weighted by atomic mass is 35.5. The van der Waals surface area contributed by atoms with Gasteiger partial charge in [-0.3, -0.25) is 4.79 Å². The SMILES string of the molecule is CC(C)(C)C(=O)NCc1nnc(S(=O)(=O)Cc2ccccc2Cl)o1. The zero-order valence-corrected chi connectivity index (χ0v) is 15.1. The molecule has 0 fully saturated rings. The van der Waals surface area contributed by atoms with Gasteiger partial charge in [-0.25, -0.2) is 8.42 Å². The highest BCUT2D eigenvalue weighted by Gasteiger charge is 2.25. The molecule has 0 saturated heterocycles. The lowest BCUT2D eigenvalue weighted by Crippen LogP contribution is -2.34. The van der Waals surface area contributed by atoms with Crippen LogP contribution in [-0.2, 0) is 26.9 Å². The van der Waals surface area contributed by atoms with E-state index in [1.54, 1.807) is 45.0 Å². The number of halogens is 1. The second kappa shape index (κ2) is 6.90. The van der Waals surface area contributed by atoms with Crippen molar-refractivity contribution >= 4 is 27.3 Å². The summed E-state index contributed by atoms with van der Waals surface area (Å²) in [5.41, 5.74) is -0.126. The Labute approximate surface area is 145 Å². The lowest BCUT2D eigenvalue weighted by molar-refractivity contribution is -0.128. The van der Waals surface area contributed by atoms with Gasteiger partial charge in [0.15, 0.2) is 0 Å². The normalized spacial score (nSPS) is 12.2. The molecule has 0 saturated carbocycles. The van der Waals surface area contributed by atoms with Crippen LogP contribution >= 0.6 is 11.6 Å². The smallest absolute Gasteiger partial charge is 0.335 e. The van der Waals surface area contributed by atoms with Crippen LogP contribution in [0.5, 0.6) is 0 Å². The molecule has 0 radical (unpaired) electrons. The Kier molecular flexibility index (Phi) is 5.29. The van der Waals surface area contributed by atoms with Gasteiger partial charge in [0.25, 0.3) is 0 Å². The van der Waals surface area contributed by atoms with E-state index in [9.17, 15) is 13.2 Å². The predicted molar refractivity (Wildman–Crippen MR) is 87.9 cm³/mol. The number of amides is 1. The summed E-state index contributed by atoms with van der Waals surface area (Å²) >= 11 is 5.97. The van der Waals surface area contributed by atoms with Gasteiger partial charge in [-0.15, -0.1) is 5.10 Å². The molecule has 130 valence electrons. The molecule has 2 rings (SSSR count). The van der Waals surface area contributed by atoms with Crippen molar-refractivity contribution < 1.29 is 17.6 Å². The molecule has 0 atom stereocenters. The molecular formula is C15H18ClN3O4S. The van der Waals surface area contributed by atoms with Gasteiger partial charge in [0.2, 0.25) is 21.6 Å². The number of rotatable bonds is 5. The van der Waals surface area contributed by atoms with Gasteiger partial charge in [0.1, 0.15) is 0 Å². The Morgan fingerprint density at radius 3 is 2.54 bits per heavy atom. The standard InChI is InChI=1S/C15H18ClN3O4S/c1-15(2,3)13(20)17-8-12-18-19-14(23-12)24(21,22)9-10-6-4-5-7-11(10)16/h4-7H,8-9H2,1-3H3,(H,17,20). The third kappa shape index (κ3) is 4.55. The van der Waals surface area contributed by atoms with Gasteiger partial charge in [-0.2, -0.15) is 0 Å². The van der Waals surface area contributed by atoms with Crippen LogP contribution in [0, 0.1) is 5.41 Å². The van der Waals surface area contributed by atoms with Crippen LogP contribution in [0.4, 0.5) is 0 Å². The highest BCUT2D eigenvalue weighted by molar-refractivity contribution is 7.90. The van der Waals surface area contributed by atoms with E-state index in [2.05, 4.69) is 15.5 Å². The first-order valence-electron chi connectivity index (χ1n) is 7.16. The second-order valence-electron chi connectivity index (χ2n) is 6.24. The van der Waals surface area contributed by atoms with E-state index >= 15 is 0 Å². The van der Waals surface area contributed by atoms with Gasteiger partial charge >= 0.3 is 5.22 Å². The molecule has 0 aliphatic heterocycles. The van der Waals surface area contributed by atoms with Crippen LogP contribution in [0.25, 0.3) is 0 Å². The molecule has 0 bridgehead atoms. The maximum Gasteiger partial charge on any atom is 0.335 e. The van der Waals surface area contributed by atoms with Crippen LogP contribution in [-0.4, -0.2) is 24.5 Å². The van der Waals surface area contributed by atoms with Gasteiger partial charge in [-0.05, 0) is 11.6 Å². The van der Waals surface area contributed by atoms with E-state index in [0.29, 0.717) is 10.6 Å². The summed E-state index contributed by atoms with van der Waals surface area (Å²) in [4.78, 5) is 11.8. The van der Waals surface area contributed by atoms with Crippen LogP contribution in [0.3, 0.4) is 0 Å². The zero-order chi connectivity index (χ0) is 18.0. The number of sulfone groups is 1. The summed E-state index contributed by atoms with van der Waals surface area (Å²) in [7, 11) is -3.82. The summed E-state index contributed by atoms with van der Waals surface area (Å²) < 4.78 is 29.8. The lowest BCUT2D eigenvalue weighted by atomic mass is 9.96. The molecule has 0 unspecified atom stereocenters. The molecular weight excluding hydrogens is 354 g/mol. The maximum atomic E-state index is 12.3. The topological polar surface area (TPSA) is 102 Å². The molecule has 0 spiro atoms. The zero-order valence-electron chi connectivity index (χ0n) is 13.5. The average molecular weight is 372 g/mol. The fraction of sp³-hybridized carbons (Fsp3) is 0.400. The molecule has 1 aromatic heterocycles. The van der Waals surface area contributed by atoms with Crippen molar-refractivity contribution in [1.82, 2.24) is 15.5 Å². The Morgan fingerprint density at radius 1 is 1.25 bits per heavy atom. The molecule has 2 aromatic rings. The number of hydrogen-bond acceptors (Lipinski definition) is 6. The van der Waals surface area contributed by atoms with E-state index < -0.39 is 20.5 Å². The van der Waals surface area contributed by atoms with E-state index in [1.165, 1.54) is 0 Å². The van der Waals surface area contributed by atoms with Gasteiger partial charge < -0.3 is 9.73 Å². The molecule has 24 heavy (non-hydrogen) atoms. The first-order valence-corrected chi connectivity index (χ1v) is 9.19. The van der Waals surface area contributed by atoms with Crippen molar-refractivity contribution in [3.8, 4) is 0 Å². The van der Waals surface area contributed by atoms with Gasteiger partial charge in [0.05, 0.1) is 12.3 Å². The van der Waals surface area contributed by atoms with Crippen molar-refractivity contribution in [2.75, 3.05) is 0 Å². The molecule has 1 N–H and O–H groups in total. The van der Waals surface area contributed by atoms with E-state index in [1.807, 2.05) is 0 Å². The van der Waals surface area contributed by atoms with Crippen LogP contribution in [0.1, 0.15) is 32.2 Å². The third-order valence-electron chi connectivity index (χ3n) is 3.10. The van der Waals surface area contributed by atoms with Crippen molar-refractivity contribution in [3.05, 3.63) is 40.7 Å². The largest absolute Gasteiger partial charge is 0.411 e.